The average Bonchev–Trinajstić information content (AvgIpc) is 2.46. The molecular formula is C17H21BrClNO. The van der Waals surface area contributed by atoms with Gasteiger partial charge in [0.2, 0.25) is 0 Å². The molecule has 3 unspecified atom stereocenters. The Balaban J connectivity index is 2.46. The fourth-order valence-electron chi connectivity index (χ4n) is 3.53. The van der Waals surface area contributed by atoms with Crippen LogP contribution in [-0.4, -0.2) is 5.11 Å². The maximum Gasteiger partial charge on any atom is 0.107 e. The lowest BCUT2D eigenvalue weighted by molar-refractivity contribution is -0.0737. The van der Waals surface area contributed by atoms with Gasteiger partial charge < -0.3 is 5.11 Å². The van der Waals surface area contributed by atoms with Crippen LogP contribution in [0.1, 0.15) is 51.5 Å². The Hall–Kier alpha value is -0.560. The van der Waals surface area contributed by atoms with Crippen LogP contribution in [0.2, 0.25) is 5.02 Å². The number of nitriles is 1. The number of benzene rings is 1. The third kappa shape index (κ3) is 2.99. The van der Waals surface area contributed by atoms with E-state index in [0.717, 1.165) is 36.6 Å². The normalized spacial score (nSPS) is 28.7. The minimum atomic E-state index is -1.24. The Morgan fingerprint density at radius 2 is 2.29 bits per heavy atom. The van der Waals surface area contributed by atoms with Crippen LogP contribution in [-0.2, 0) is 5.60 Å². The summed E-state index contributed by atoms with van der Waals surface area (Å²) in [6.45, 7) is 3.89. The van der Waals surface area contributed by atoms with E-state index in [0.29, 0.717) is 16.5 Å². The van der Waals surface area contributed by atoms with Crippen molar-refractivity contribution in [3.63, 3.8) is 0 Å². The van der Waals surface area contributed by atoms with Gasteiger partial charge in [-0.15, -0.1) is 0 Å². The molecular weight excluding hydrogens is 350 g/mol. The lowest BCUT2D eigenvalue weighted by Gasteiger charge is -2.45. The van der Waals surface area contributed by atoms with E-state index in [1.807, 2.05) is 12.1 Å². The molecule has 0 spiro atoms. The van der Waals surface area contributed by atoms with Crippen molar-refractivity contribution in [2.75, 3.05) is 0 Å². The fourth-order valence-corrected chi connectivity index (χ4v) is 4.39. The molecule has 1 saturated carbocycles. The van der Waals surface area contributed by atoms with Gasteiger partial charge in [0, 0.05) is 15.1 Å². The van der Waals surface area contributed by atoms with Crippen molar-refractivity contribution in [2.45, 2.75) is 51.6 Å². The largest absolute Gasteiger partial charge is 0.384 e. The Morgan fingerprint density at radius 1 is 1.57 bits per heavy atom. The molecule has 21 heavy (non-hydrogen) atoms. The molecule has 2 nitrogen and oxygen atoms in total. The van der Waals surface area contributed by atoms with E-state index in [9.17, 15) is 10.4 Å². The zero-order valence-electron chi connectivity index (χ0n) is 12.5. The second-order valence-electron chi connectivity index (χ2n) is 6.26. The van der Waals surface area contributed by atoms with E-state index in [-0.39, 0.29) is 0 Å². The first-order valence-corrected chi connectivity index (χ1v) is 8.62. The highest BCUT2D eigenvalue weighted by molar-refractivity contribution is 9.10. The third-order valence-electron chi connectivity index (χ3n) is 5.03. The van der Waals surface area contributed by atoms with E-state index < -0.39 is 11.0 Å². The van der Waals surface area contributed by atoms with Crippen LogP contribution in [0.3, 0.4) is 0 Å². The molecule has 2 rings (SSSR count). The van der Waals surface area contributed by atoms with Crippen LogP contribution < -0.4 is 0 Å². The van der Waals surface area contributed by atoms with Gasteiger partial charge in [-0.3, -0.25) is 0 Å². The van der Waals surface area contributed by atoms with Gasteiger partial charge in [-0.25, -0.2) is 0 Å². The summed E-state index contributed by atoms with van der Waals surface area (Å²) in [4.78, 5) is 0. The van der Waals surface area contributed by atoms with Crippen LogP contribution in [0.25, 0.3) is 0 Å². The number of nitrogens with zero attached hydrogens (tertiary/aromatic N) is 1. The average molecular weight is 371 g/mol. The molecule has 0 amide bonds. The molecule has 1 fully saturated rings. The van der Waals surface area contributed by atoms with Gasteiger partial charge in [0.15, 0.2) is 0 Å². The first kappa shape index (κ1) is 16.8. The minimum Gasteiger partial charge on any atom is -0.384 e. The Labute approximate surface area is 140 Å². The monoisotopic (exact) mass is 369 g/mol. The van der Waals surface area contributed by atoms with E-state index in [1.54, 1.807) is 13.0 Å². The topological polar surface area (TPSA) is 44.0 Å². The van der Waals surface area contributed by atoms with Crippen molar-refractivity contribution < 1.29 is 5.11 Å². The van der Waals surface area contributed by atoms with Gasteiger partial charge in [-0.1, -0.05) is 59.8 Å². The molecule has 114 valence electrons. The van der Waals surface area contributed by atoms with Crippen molar-refractivity contribution in [1.82, 2.24) is 0 Å². The molecule has 4 heteroatoms. The number of rotatable bonds is 3. The van der Waals surface area contributed by atoms with Crippen LogP contribution in [0.5, 0.6) is 0 Å². The van der Waals surface area contributed by atoms with Crippen LogP contribution in [0.4, 0.5) is 0 Å². The van der Waals surface area contributed by atoms with Crippen LogP contribution in [0.15, 0.2) is 22.7 Å². The Bertz CT molecular complexity index is 566. The molecule has 0 bridgehead atoms. The van der Waals surface area contributed by atoms with Gasteiger partial charge in [0.1, 0.15) is 5.60 Å². The van der Waals surface area contributed by atoms with E-state index in [2.05, 4.69) is 28.9 Å². The predicted octanol–water partition coefficient (Wildman–Crippen LogP) is 5.42. The summed E-state index contributed by atoms with van der Waals surface area (Å²) in [5, 5.41) is 21.6. The number of aliphatic hydroxyl groups is 1. The molecule has 1 aliphatic rings. The maximum atomic E-state index is 11.2. The standard InChI is InChI=1S/C17H21BrClNO/c1-3-12-5-4-8-17(10-12,11-20)16(2,21)14-7-6-13(18)9-15(14)19/h6-7,9,12,21H,3-5,8,10H2,1-2H3. The Morgan fingerprint density at radius 3 is 2.86 bits per heavy atom. The molecule has 0 heterocycles. The Kier molecular flexibility index (Phi) is 5.03. The summed E-state index contributed by atoms with van der Waals surface area (Å²) in [6.07, 6.45) is 4.63. The van der Waals surface area contributed by atoms with Crippen molar-refractivity contribution in [3.8, 4) is 6.07 Å². The highest BCUT2D eigenvalue weighted by atomic mass is 79.9. The van der Waals surface area contributed by atoms with E-state index in [4.69, 9.17) is 11.6 Å². The molecule has 0 aliphatic heterocycles. The SMILES string of the molecule is CCC1CCCC(C#N)(C(C)(O)c2ccc(Br)cc2Cl)C1. The molecule has 1 aliphatic carbocycles. The summed E-state index contributed by atoms with van der Waals surface area (Å²) in [6, 6.07) is 7.90. The third-order valence-corrected chi connectivity index (χ3v) is 5.84. The number of hydrogen-bond acceptors (Lipinski definition) is 2. The highest BCUT2D eigenvalue weighted by Crippen LogP contribution is 2.52. The summed E-state index contributed by atoms with van der Waals surface area (Å²) in [7, 11) is 0. The second-order valence-corrected chi connectivity index (χ2v) is 7.58. The number of halogens is 2. The minimum absolute atomic E-state index is 0.499. The van der Waals surface area contributed by atoms with Crippen LogP contribution in [0, 0.1) is 22.7 Å². The first-order valence-electron chi connectivity index (χ1n) is 7.45. The quantitative estimate of drug-likeness (QED) is 0.772. The molecule has 1 aromatic carbocycles. The van der Waals surface area contributed by atoms with Gasteiger partial charge in [0.05, 0.1) is 11.5 Å². The molecule has 0 saturated heterocycles. The maximum absolute atomic E-state index is 11.2. The highest BCUT2D eigenvalue weighted by Gasteiger charge is 2.51. The molecule has 3 atom stereocenters. The van der Waals surface area contributed by atoms with Gasteiger partial charge in [-0.2, -0.15) is 5.26 Å². The molecule has 1 aromatic rings. The van der Waals surface area contributed by atoms with Crippen LogP contribution >= 0.6 is 27.5 Å². The zero-order valence-corrected chi connectivity index (χ0v) is 14.8. The molecule has 0 radical (unpaired) electrons. The van der Waals surface area contributed by atoms with Gasteiger partial charge in [0.25, 0.3) is 0 Å². The molecule has 0 aromatic heterocycles. The summed E-state index contributed by atoms with van der Waals surface area (Å²) < 4.78 is 0.869. The zero-order chi connectivity index (χ0) is 15.7. The smallest absolute Gasteiger partial charge is 0.107 e. The van der Waals surface area contributed by atoms with E-state index in [1.165, 1.54) is 0 Å². The van der Waals surface area contributed by atoms with Crippen molar-refractivity contribution in [3.05, 3.63) is 33.3 Å². The van der Waals surface area contributed by atoms with E-state index >= 15 is 0 Å². The second kappa shape index (κ2) is 6.28. The number of hydrogen-bond donors (Lipinski definition) is 1. The fraction of sp³-hybridized carbons (Fsp3) is 0.588. The summed E-state index contributed by atoms with van der Waals surface area (Å²) in [5.74, 6) is 0.499. The molecule has 1 N–H and O–H groups in total. The van der Waals surface area contributed by atoms with Gasteiger partial charge >= 0.3 is 0 Å². The van der Waals surface area contributed by atoms with Crippen molar-refractivity contribution in [1.29, 1.82) is 5.26 Å². The summed E-state index contributed by atoms with van der Waals surface area (Å²) in [5.41, 5.74) is -1.36. The van der Waals surface area contributed by atoms with Crippen molar-refractivity contribution >= 4 is 27.5 Å². The first-order chi connectivity index (χ1) is 9.86. The van der Waals surface area contributed by atoms with Crippen molar-refractivity contribution in [2.24, 2.45) is 11.3 Å². The van der Waals surface area contributed by atoms with Gasteiger partial charge in [-0.05, 0) is 37.8 Å². The lowest BCUT2D eigenvalue weighted by atomic mass is 9.59. The lowest BCUT2D eigenvalue weighted by Crippen LogP contribution is -2.46. The predicted molar refractivity (Wildman–Crippen MR) is 89.0 cm³/mol. The summed E-state index contributed by atoms with van der Waals surface area (Å²) >= 11 is 9.70.